The molecule has 1 fully saturated rings. The van der Waals surface area contributed by atoms with Gasteiger partial charge in [-0.05, 0) is 6.07 Å². The van der Waals surface area contributed by atoms with Gasteiger partial charge in [-0.15, -0.1) is 0 Å². The molecular weight excluding hydrogens is 223 g/mol. The average molecular weight is 236 g/mol. The molecule has 1 aliphatic rings. The molecule has 0 aromatic carbocycles. The number of aliphatic hydroxyl groups is 2. The highest BCUT2D eigenvalue weighted by Crippen LogP contribution is 2.27. The fourth-order valence-electron chi connectivity index (χ4n) is 1.70. The van der Waals surface area contributed by atoms with Crippen molar-refractivity contribution in [3.8, 4) is 0 Å². The van der Waals surface area contributed by atoms with Crippen LogP contribution in [0.3, 0.4) is 0 Å². The molecular formula is C9H13N3O4. The first-order valence-corrected chi connectivity index (χ1v) is 4.91. The summed E-state index contributed by atoms with van der Waals surface area (Å²) >= 11 is 0. The van der Waals surface area contributed by atoms with E-state index in [2.05, 4.69) is 4.98 Å². The van der Waals surface area contributed by atoms with Crippen molar-refractivity contribution in [2.24, 2.45) is 0 Å². The van der Waals surface area contributed by atoms with Gasteiger partial charge in [0.25, 0.3) is 0 Å². The Morgan fingerprint density at radius 2 is 2.44 bits per heavy atom. The number of nitrogens with zero attached hydrogens (tertiary/aromatic N) is 2. The van der Waals surface area contributed by atoms with Gasteiger partial charge in [0.15, 0.2) is 0 Å². The topological polar surface area (TPSA) is 111 Å². The first-order valence-electron chi connectivity index (χ1n) is 4.91. The Labute approximate surface area is 91.1 Å². The van der Waals surface area contributed by atoms with Crippen molar-refractivity contribution in [2.45, 2.75) is 24.9 Å². The third-order valence-electron chi connectivity index (χ3n) is 2.55. The van der Waals surface area contributed by atoms with Crippen LogP contribution in [0.15, 0.2) is 17.1 Å². The molecule has 1 aromatic heterocycles. The van der Waals surface area contributed by atoms with Crippen molar-refractivity contribution in [1.29, 1.82) is 0 Å². The van der Waals surface area contributed by atoms with E-state index in [4.69, 9.17) is 15.6 Å². The van der Waals surface area contributed by atoms with Crippen LogP contribution in [0.1, 0.15) is 12.6 Å². The highest BCUT2D eigenvalue weighted by molar-refractivity contribution is 5.23. The molecule has 88 valence electrons. The van der Waals surface area contributed by atoms with Crippen LogP contribution in [-0.2, 0) is 4.74 Å². The van der Waals surface area contributed by atoms with Crippen molar-refractivity contribution in [2.75, 3.05) is 12.3 Å². The first-order chi connectivity index (χ1) is 7.61. The third kappa shape index (κ3) is 1.92. The number of aliphatic hydroxyl groups excluding tert-OH is 2. The van der Waals surface area contributed by atoms with Gasteiger partial charge >= 0.3 is 5.69 Å². The summed E-state index contributed by atoms with van der Waals surface area (Å²) in [5.41, 5.74) is 4.82. The predicted molar refractivity (Wildman–Crippen MR) is 54.5 cm³/mol. The van der Waals surface area contributed by atoms with Crippen molar-refractivity contribution in [1.82, 2.24) is 9.55 Å². The zero-order chi connectivity index (χ0) is 11.7. The maximum Gasteiger partial charge on any atom is 0.351 e. The molecule has 0 spiro atoms. The molecule has 7 heteroatoms. The second-order valence-corrected chi connectivity index (χ2v) is 3.66. The lowest BCUT2D eigenvalue weighted by atomic mass is 11.1. The Balaban J connectivity index is 2.23. The summed E-state index contributed by atoms with van der Waals surface area (Å²) in [6.45, 7) is -0.283. The molecule has 7 nitrogen and oxygen atoms in total. The molecule has 0 unspecified atom stereocenters. The van der Waals surface area contributed by atoms with E-state index < -0.39 is 24.1 Å². The van der Waals surface area contributed by atoms with Gasteiger partial charge in [0, 0.05) is 12.6 Å². The number of nitrogens with two attached hydrogens (primary N) is 1. The van der Waals surface area contributed by atoms with E-state index in [0.717, 1.165) is 0 Å². The van der Waals surface area contributed by atoms with Gasteiger partial charge in [0.2, 0.25) is 0 Å². The Morgan fingerprint density at radius 1 is 1.69 bits per heavy atom. The summed E-state index contributed by atoms with van der Waals surface area (Å²) in [5, 5.41) is 18.4. The zero-order valence-electron chi connectivity index (χ0n) is 8.48. The second-order valence-electron chi connectivity index (χ2n) is 3.66. The van der Waals surface area contributed by atoms with Gasteiger partial charge in [-0.3, -0.25) is 4.57 Å². The van der Waals surface area contributed by atoms with E-state index in [0.29, 0.717) is 0 Å². The summed E-state index contributed by atoms with van der Waals surface area (Å²) in [6.07, 6.45) is -0.333. The average Bonchev–Trinajstić information content (AvgIpc) is 2.59. The van der Waals surface area contributed by atoms with Crippen LogP contribution >= 0.6 is 0 Å². The molecule has 1 saturated heterocycles. The number of hydrogen-bond acceptors (Lipinski definition) is 6. The smallest absolute Gasteiger partial charge is 0.351 e. The first kappa shape index (κ1) is 11.1. The van der Waals surface area contributed by atoms with Crippen LogP contribution < -0.4 is 11.4 Å². The molecule has 0 radical (unpaired) electrons. The van der Waals surface area contributed by atoms with E-state index >= 15 is 0 Å². The van der Waals surface area contributed by atoms with Gasteiger partial charge < -0.3 is 20.7 Å². The number of nitrogen functional groups attached to an aromatic ring is 1. The van der Waals surface area contributed by atoms with Crippen LogP contribution in [0.5, 0.6) is 0 Å². The summed E-state index contributed by atoms with van der Waals surface area (Å²) in [4.78, 5) is 15.0. The van der Waals surface area contributed by atoms with Crippen LogP contribution in [0, 0.1) is 0 Å². The standard InChI is InChI=1S/C9H13N3O4/c10-7-1-2-12(9(15)11-7)8-3-5(14)6(4-13)16-8/h1-2,5-6,8,13-14H,3-4H2,(H2,10,11,15)/t5-,6-,8-/m1/s1/i1+1,2+1,3+1,4+1,5+1,6+1,7+1,8+1,9+1. The van der Waals surface area contributed by atoms with Crippen LogP contribution in [-0.4, -0.2) is 38.6 Å². The molecule has 0 bridgehead atoms. The molecule has 1 aromatic rings. The Hall–Kier alpha value is -1.44. The minimum absolute atomic E-state index is 0.138. The highest BCUT2D eigenvalue weighted by Gasteiger charge is 2.34. The lowest BCUT2D eigenvalue weighted by Crippen LogP contribution is -2.27. The molecule has 3 atom stereocenters. The number of rotatable bonds is 2. The third-order valence-corrected chi connectivity index (χ3v) is 2.55. The van der Waals surface area contributed by atoms with E-state index in [9.17, 15) is 9.90 Å². The maximum atomic E-state index is 11.5. The van der Waals surface area contributed by atoms with E-state index in [1.165, 1.54) is 16.8 Å². The quantitative estimate of drug-likeness (QED) is 0.537. The van der Waals surface area contributed by atoms with E-state index in [-0.39, 0.29) is 18.8 Å². The SMILES string of the molecule is N[13c]1[13cH][13cH]n([13C@H]2[13CH2][13C@@H](O)[13C@@H]([13CH2]O)O2)[13c](=O)n1. The minimum Gasteiger partial charge on any atom is -0.394 e. The zero-order valence-corrected chi connectivity index (χ0v) is 8.48. The van der Waals surface area contributed by atoms with Gasteiger partial charge in [-0.25, -0.2) is 4.79 Å². The monoisotopic (exact) mass is 236 g/mol. The summed E-state index contributed by atoms with van der Waals surface area (Å²) in [7, 11) is 0. The van der Waals surface area contributed by atoms with E-state index in [1.807, 2.05) is 0 Å². The molecule has 2 rings (SSSR count). The van der Waals surface area contributed by atoms with Gasteiger partial charge in [0.1, 0.15) is 18.1 Å². The van der Waals surface area contributed by atoms with Crippen LogP contribution in [0.2, 0.25) is 0 Å². The van der Waals surface area contributed by atoms with Crippen LogP contribution in [0.25, 0.3) is 0 Å². The summed E-state index contributed by atoms with van der Waals surface area (Å²) < 4.78 is 6.56. The Morgan fingerprint density at radius 3 is 3.00 bits per heavy atom. The fraction of sp³-hybridized carbons (Fsp3) is 0.556. The number of ether oxygens (including phenoxy) is 1. The van der Waals surface area contributed by atoms with Crippen LogP contribution in [0.4, 0.5) is 5.82 Å². The fourth-order valence-corrected chi connectivity index (χ4v) is 1.70. The molecule has 0 saturated carbocycles. The molecule has 0 amide bonds. The van der Waals surface area contributed by atoms with Crippen molar-refractivity contribution >= 4 is 5.82 Å². The van der Waals surface area contributed by atoms with Gasteiger partial charge in [-0.1, -0.05) is 0 Å². The number of hydrogen-bond donors (Lipinski definition) is 3. The molecule has 2 heterocycles. The normalized spacial score (nSPS) is 29.5. The number of anilines is 1. The number of aromatic nitrogens is 2. The molecule has 4 N–H and O–H groups in total. The second kappa shape index (κ2) is 4.20. The largest absolute Gasteiger partial charge is 0.394 e. The van der Waals surface area contributed by atoms with Gasteiger partial charge in [-0.2, -0.15) is 4.98 Å². The predicted octanol–water partition coefficient (Wildman–Crippen LogP) is -1.53. The maximum absolute atomic E-state index is 11.5. The van der Waals surface area contributed by atoms with Crippen molar-refractivity contribution < 1.29 is 14.9 Å². The summed E-state index contributed by atoms with van der Waals surface area (Å²) in [5.74, 6) is 0.138. The molecule has 0 aliphatic carbocycles. The minimum atomic E-state index is -0.778. The summed E-state index contributed by atoms with van der Waals surface area (Å²) in [6, 6.07) is 1.48. The Kier molecular flexibility index (Phi) is 2.90. The lowest BCUT2D eigenvalue weighted by Gasteiger charge is -2.13. The highest BCUT2D eigenvalue weighted by atomic mass is 16.7. The van der Waals surface area contributed by atoms with Gasteiger partial charge in [0.05, 0.1) is 12.7 Å². The van der Waals surface area contributed by atoms with E-state index in [1.54, 1.807) is 0 Å². The lowest BCUT2D eigenvalue weighted by molar-refractivity contribution is -0.0458. The molecule has 1 aliphatic heterocycles. The Bertz CT molecular complexity index is 433. The molecule has 16 heavy (non-hydrogen) atoms. The van der Waals surface area contributed by atoms with Crippen molar-refractivity contribution in [3.63, 3.8) is 0 Å². The van der Waals surface area contributed by atoms with Crippen molar-refractivity contribution in [3.05, 3.63) is 22.7 Å².